The molecule has 3 aromatic rings. The van der Waals surface area contributed by atoms with Gasteiger partial charge in [0, 0.05) is 12.6 Å². The Balaban J connectivity index is 1.91. The van der Waals surface area contributed by atoms with Gasteiger partial charge in [-0.15, -0.1) is 11.3 Å². The van der Waals surface area contributed by atoms with Crippen molar-refractivity contribution in [3.8, 4) is 0 Å². The Bertz CT molecular complexity index is 853. The van der Waals surface area contributed by atoms with Gasteiger partial charge in [0.15, 0.2) is 5.13 Å². The highest BCUT2D eigenvalue weighted by molar-refractivity contribution is 7.22. The molecule has 0 spiro atoms. The van der Waals surface area contributed by atoms with Crippen molar-refractivity contribution in [1.29, 1.82) is 0 Å². The van der Waals surface area contributed by atoms with Gasteiger partial charge in [0.05, 0.1) is 15.1 Å². The van der Waals surface area contributed by atoms with Crippen LogP contribution in [-0.2, 0) is 4.79 Å². The van der Waals surface area contributed by atoms with Gasteiger partial charge in [-0.25, -0.2) is 4.98 Å². The minimum absolute atomic E-state index is 0.125. The first-order valence-corrected chi connectivity index (χ1v) is 8.26. The molecule has 1 aromatic carbocycles. The SMILES string of the molecule is CC(=O)Nc1nc2c(C)cc(NC(=O)c3cccs3)cc2s1. The highest BCUT2D eigenvalue weighted by Gasteiger charge is 2.12. The van der Waals surface area contributed by atoms with Gasteiger partial charge in [-0.1, -0.05) is 17.4 Å². The second-order valence-electron chi connectivity index (χ2n) is 4.77. The molecule has 2 amide bonds. The fourth-order valence-electron chi connectivity index (χ4n) is 2.07. The van der Waals surface area contributed by atoms with Crippen LogP contribution < -0.4 is 10.6 Å². The van der Waals surface area contributed by atoms with Gasteiger partial charge in [0.2, 0.25) is 5.91 Å². The van der Waals surface area contributed by atoms with Crippen LogP contribution in [0.4, 0.5) is 10.8 Å². The van der Waals surface area contributed by atoms with Crippen molar-refractivity contribution < 1.29 is 9.59 Å². The number of carbonyl (C=O) groups is 2. The van der Waals surface area contributed by atoms with Crippen molar-refractivity contribution in [2.24, 2.45) is 0 Å². The summed E-state index contributed by atoms with van der Waals surface area (Å²) in [6, 6.07) is 7.38. The number of hydrogen-bond acceptors (Lipinski definition) is 5. The van der Waals surface area contributed by atoms with E-state index in [-0.39, 0.29) is 11.8 Å². The molecule has 5 nitrogen and oxygen atoms in total. The van der Waals surface area contributed by atoms with Crippen molar-refractivity contribution in [2.75, 3.05) is 10.6 Å². The fraction of sp³-hybridized carbons (Fsp3) is 0.133. The summed E-state index contributed by atoms with van der Waals surface area (Å²) in [5.74, 6) is -0.275. The van der Waals surface area contributed by atoms with E-state index in [9.17, 15) is 9.59 Å². The number of fused-ring (bicyclic) bond motifs is 1. The van der Waals surface area contributed by atoms with Crippen LogP contribution in [0.15, 0.2) is 29.6 Å². The Morgan fingerprint density at radius 3 is 2.73 bits per heavy atom. The summed E-state index contributed by atoms with van der Waals surface area (Å²) in [7, 11) is 0. The van der Waals surface area contributed by atoms with Gasteiger partial charge >= 0.3 is 0 Å². The second kappa shape index (κ2) is 5.86. The Morgan fingerprint density at radius 1 is 1.23 bits per heavy atom. The first-order chi connectivity index (χ1) is 10.5. The molecule has 0 aliphatic rings. The predicted octanol–water partition coefficient (Wildman–Crippen LogP) is 3.88. The molecule has 0 aliphatic heterocycles. The van der Waals surface area contributed by atoms with Crippen molar-refractivity contribution >= 4 is 55.5 Å². The second-order valence-corrected chi connectivity index (χ2v) is 6.75. The highest BCUT2D eigenvalue weighted by atomic mass is 32.1. The van der Waals surface area contributed by atoms with Gasteiger partial charge < -0.3 is 10.6 Å². The zero-order chi connectivity index (χ0) is 15.7. The highest BCUT2D eigenvalue weighted by Crippen LogP contribution is 2.31. The monoisotopic (exact) mass is 331 g/mol. The lowest BCUT2D eigenvalue weighted by molar-refractivity contribution is -0.114. The molecule has 2 N–H and O–H groups in total. The quantitative estimate of drug-likeness (QED) is 0.765. The van der Waals surface area contributed by atoms with Crippen molar-refractivity contribution in [3.05, 3.63) is 40.1 Å². The van der Waals surface area contributed by atoms with Gasteiger partial charge in [-0.05, 0) is 36.1 Å². The lowest BCUT2D eigenvalue weighted by Crippen LogP contribution is -2.10. The summed E-state index contributed by atoms with van der Waals surface area (Å²) in [5, 5.41) is 8.01. The van der Waals surface area contributed by atoms with Crippen LogP contribution in [-0.4, -0.2) is 16.8 Å². The molecule has 2 heterocycles. The maximum absolute atomic E-state index is 12.1. The number of nitrogens with zero attached hydrogens (tertiary/aromatic N) is 1. The van der Waals surface area contributed by atoms with Crippen molar-refractivity contribution in [2.45, 2.75) is 13.8 Å². The molecule has 0 saturated heterocycles. The normalized spacial score (nSPS) is 10.6. The van der Waals surface area contributed by atoms with Gasteiger partial charge in [0.25, 0.3) is 5.91 Å². The van der Waals surface area contributed by atoms with E-state index < -0.39 is 0 Å². The molecule has 0 fully saturated rings. The summed E-state index contributed by atoms with van der Waals surface area (Å²) < 4.78 is 0.922. The van der Waals surface area contributed by atoms with Gasteiger partial charge in [0.1, 0.15) is 0 Å². The summed E-state index contributed by atoms with van der Waals surface area (Å²) in [5.41, 5.74) is 2.51. The number of anilines is 2. The minimum Gasteiger partial charge on any atom is -0.321 e. The van der Waals surface area contributed by atoms with E-state index in [0.717, 1.165) is 21.5 Å². The molecular weight excluding hydrogens is 318 g/mol. The molecule has 0 aliphatic carbocycles. The van der Waals surface area contributed by atoms with Crippen LogP contribution in [0.5, 0.6) is 0 Å². The minimum atomic E-state index is -0.150. The third-order valence-electron chi connectivity index (χ3n) is 2.97. The number of rotatable bonds is 3. The van der Waals surface area contributed by atoms with E-state index >= 15 is 0 Å². The molecule has 0 saturated carbocycles. The molecule has 22 heavy (non-hydrogen) atoms. The molecule has 0 unspecified atom stereocenters. The molecule has 0 atom stereocenters. The average molecular weight is 331 g/mol. The third-order valence-corrected chi connectivity index (χ3v) is 4.76. The summed E-state index contributed by atoms with van der Waals surface area (Å²) >= 11 is 2.79. The number of benzene rings is 1. The van der Waals surface area contributed by atoms with Crippen LogP contribution in [0, 0.1) is 6.92 Å². The van der Waals surface area contributed by atoms with E-state index in [4.69, 9.17) is 0 Å². The van der Waals surface area contributed by atoms with Crippen LogP contribution in [0.1, 0.15) is 22.2 Å². The van der Waals surface area contributed by atoms with E-state index in [0.29, 0.717) is 10.0 Å². The Kier molecular flexibility index (Phi) is 3.91. The topological polar surface area (TPSA) is 71.1 Å². The maximum Gasteiger partial charge on any atom is 0.265 e. The number of amides is 2. The number of aromatic nitrogens is 1. The first-order valence-electron chi connectivity index (χ1n) is 6.56. The fourth-order valence-corrected chi connectivity index (χ4v) is 3.72. The van der Waals surface area contributed by atoms with E-state index in [1.54, 1.807) is 6.07 Å². The van der Waals surface area contributed by atoms with E-state index in [1.165, 1.54) is 29.6 Å². The molecule has 112 valence electrons. The number of nitrogens with one attached hydrogen (secondary N) is 2. The molecular formula is C15H13N3O2S2. The Morgan fingerprint density at radius 2 is 2.05 bits per heavy atom. The summed E-state index contributed by atoms with van der Waals surface area (Å²) in [6.45, 7) is 3.38. The number of thiazole rings is 1. The van der Waals surface area contributed by atoms with Crippen LogP contribution in [0.2, 0.25) is 0 Å². The number of aryl methyl sites for hydroxylation is 1. The summed E-state index contributed by atoms with van der Waals surface area (Å²) in [4.78, 5) is 28.3. The average Bonchev–Trinajstić information content (AvgIpc) is 3.06. The molecule has 3 rings (SSSR count). The maximum atomic E-state index is 12.1. The number of carbonyl (C=O) groups excluding carboxylic acids is 2. The molecule has 2 aromatic heterocycles. The van der Waals surface area contributed by atoms with E-state index in [1.807, 2.05) is 30.5 Å². The van der Waals surface area contributed by atoms with Gasteiger partial charge in [-0.2, -0.15) is 0 Å². The smallest absolute Gasteiger partial charge is 0.265 e. The number of hydrogen-bond donors (Lipinski definition) is 2. The first kappa shape index (κ1) is 14.7. The van der Waals surface area contributed by atoms with E-state index in [2.05, 4.69) is 15.6 Å². The number of thiophene rings is 1. The van der Waals surface area contributed by atoms with Crippen LogP contribution in [0.25, 0.3) is 10.2 Å². The van der Waals surface area contributed by atoms with Crippen molar-refractivity contribution in [3.63, 3.8) is 0 Å². The molecule has 0 radical (unpaired) electrons. The lowest BCUT2D eigenvalue weighted by atomic mass is 10.2. The van der Waals surface area contributed by atoms with Gasteiger partial charge in [-0.3, -0.25) is 9.59 Å². The zero-order valence-corrected chi connectivity index (χ0v) is 13.6. The van der Waals surface area contributed by atoms with Crippen molar-refractivity contribution in [1.82, 2.24) is 4.98 Å². The summed E-state index contributed by atoms with van der Waals surface area (Å²) in [6.07, 6.45) is 0. The molecule has 0 bridgehead atoms. The van der Waals surface area contributed by atoms with Crippen LogP contribution >= 0.6 is 22.7 Å². The Labute approximate surface area is 135 Å². The molecule has 7 heteroatoms. The van der Waals surface area contributed by atoms with Crippen LogP contribution in [0.3, 0.4) is 0 Å². The standard InChI is InChI=1S/C15H13N3O2S2/c1-8-6-10(17-14(20)11-4-3-5-21-11)7-12-13(8)18-15(22-12)16-9(2)19/h3-7H,1-2H3,(H,17,20)(H,16,18,19). The zero-order valence-electron chi connectivity index (χ0n) is 12.0. The Hall–Kier alpha value is -2.25. The largest absolute Gasteiger partial charge is 0.321 e. The third kappa shape index (κ3) is 3.00. The predicted molar refractivity (Wildman–Crippen MR) is 90.9 cm³/mol. The lowest BCUT2D eigenvalue weighted by Gasteiger charge is -2.05.